The largest absolute Gasteiger partial charge is 0.497 e. The summed E-state index contributed by atoms with van der Waals surface area (Å²) in [6.07, 6.45) is 1.11. The van der Waals surface area contributed by atoms with E-state index >= 15 is 0 Å². The second-order valence-corrected chi connectivity index (χ2v) is 7.99. The molecule has 1 aliphatic rings. The summed E-state index contributed by atoms with van der Waals surface area (Å²) >= 11 is 1.36. The molecule has 3 aromatic rings. The van der Waals surface area contributed by atoms with Gasteiger partial charge in [0.25, 0.3) is 5.91 Å². The Bertz CT molecular complexity index is 1090. The quantitative estimate of drug-likeness (QED) is 0.601. The molecule has 4 rings (SSSR count). The van der Waals surface area contributed by atoms with Gasteiger partial charge in [-0.25, -0.2) is 4.98 Å². The zero-order valence-electron chi connectivity index (χ0n) is 17.4. The Balaban J connectivity index is 1.47. The number of fused-ring (bicyclic) bond motifs is 1. The highest BCUT2D eigenvalue weighted by molar-refractivity contribution is 7.14. The first-order chi connectivity index (χ1) is 15.1. The topological polar surface area (TPSA) is 80.8 Å². The Morgan fingerprint density at radius 3 is 2.81 bits per heavy atom. The number of anilines is 2. The third-order valence-electron chi connectivity index (χ3n) is 4.92. The molecule has 2 amide bonds. The third-order valence-corrected chi connectivity index (χ3v) is 5.68. The van der Waals surface area contributed by atoms with Gasteiger partial charge in [0.1, 0.15) is 11.5 Å². The van der Waals surface area contributed by atoms with Gasteiger partial charge in [-0.05, 0) is 42.3 Å². The molecule has 160 valence electrons. The van der Waals surface area contributed by atoms with E-state index in [0.717, 1.165) is 34.7 Å². The maximum atomic E-state index is 12.4. The fraction of sp³-hybridized carbons (Fsp3) is 0.261. The summed E-state index contributed by atoms with van der Waals surface area (Å²) in [6.45, 7) is 2.74. The zero-order valence-corrected chi connectivity index (χ0v) is 18.2. The van der Waals surface area contributed by atoms with E-state index in [9.17, 15) is 9.59 Å². The lowest BCUT2D eigenvalue weighted by molar-refractivity contribution is -0.121. The number of carbonyl (C=O) groups is 2. The summed E-state index contributed by atoms with van der Waals surface area (Å²) in [5, 5.41) is 5.28. The molecule has 0 fully saturated rings. The van der Waals surface area contributed by atoms with Crippen LogP contribution in [0.25, 0.3) is 11.3 Å². The van der Waals surface area contributed by atoms with Crippen molar-refractivity contribution in [2.75, 3.05) is 30.5 Å². The van der Waals surface area contributed by atoms with Crippen molar-refractivity contribution in [2.24, 2.45) is 0 Å². The molecule has 0 saturated heterocycles. The highest BCUT2D eigenvalue weighted by Gasteiger charge is 2.25. The lowest BCUT2D eigenvalue weighted by atomic mass is 10.1. The number of hydrogen-bond acceptors (Lipinski definition) is 6. The van der Waals surface area contributed by atoms with Crippen molar-refractivity contribution in [1.29, 1.82) is 0 Å². The van der Waals surface area contributed by atoms with Crippen LogP contribution >= 0.6 is 11.3 Å². The van der Waals surface area contributed by atoms with Crippen LogP contribution in [0.15, 0.2) is 47.8 Å². The van der Waals surface area contributed by atoms with Gasteiger partial charge in [-0.3, -0.25) is 9.59 Å². The molecule has 1 aliphatic heterocycles. The fourth-order valence-electron chi connectivity index (χ4n) is 3.39. The first-order valence-electron chi connectivity index (χ1n) is 10.0. The number of nitrogens with zero attached hydrogens (tertiary/aromatic N) is 2. The van der Waals surface area contributed by atoms with Gasteiger partial charge in [0, 0.05) is 17.5 Å². The third kappa shape index (κ3) is 4.69. The predicted octanol–water partition coefficient (Wildman–Crippen LogP) is 4.14. The number of carbonyl (C=O) groups excluding carboxylic acids is 2. The van der Waals surface area contributed by atoms with E-state index in [1.54, 1.807) is 12.0 Å². The predicted molar refractivity (Wildman–Crippen MR) is 121 cm³/mol. The van der Waals surface area contributed by atoms with Gasteiger partial charge < -0.3 is 19.7 Å². The molecule has 1 N–H and O–H groups in total. The van der Waals surface area contributed by atoms with Crippen LogP contribution in [-0.4, -0.2) is 37.1 Å². The van der Waals surface area contributed by atoms with Crippen molar-refractivity contribution < 1.29 is 19.1 Å². The van der Waals surface area contributed by atoms with Crippen LogP contribution in [0.3, 0.4) is 0 Å². The van der Waals surface area contributed by atoms with Crippen LogP contribution in [0, 0.1) is 0 Å². The molecule has 0 aliphatic carbocycles. The SMILES string of the molecule is CCCN1C(=O)COc2ccc(-c3csc(NC(=O)Cc4ccc(OC)cc4)n3)cc21. The molecular weight excluding hydrogens is 414 g/mol. The minimum atomic E-state index is -0.135. The van der Waals surface area contributed by atoms with Gasteiger partial charge in [0.05, 0.1) is 24.9 Å². The number of methoxy groups -OCH3 is 1. The number of amides is 2. The molecule has 31 heavy (non-hydrogen) atoms. The monoisotopic (exact) mass is 437 g/mol. The number of thiazole rings is 1. The van der Waals surface area contributed by atoms with Gasteiger partial charge in [-0.1, -0.05) is 19.1 Å². The highest BCUT2D eigenvalue weighted by Crippen LogP contribution is 2.36. The Hall–Kier alpha value is -3.39. The Morgan fingerprint density at radius 2 is 2.06 bits per heavy atom. The smallest absolute Gasteiger partial charge is 0.265 e. The maximum absolute atomic E-state index is 12.4. The summed E-state index contributed by atoms with van der Waals surface area (Å²) in [6, 6.07) is 13.1. The minimum absolute atomic E-state index is 0.0451. The van der Waals surface area contributed by atoms with Crippen LogP contribution in [-0.2, 0) is 16.0 Å². The molecule has 0 atom stereocenters. The van der Waals surface area contributed by atoms with E-state index in [-0.39, 0.29) is 24.8 Å². The summed E-state index contributed by atoms with van der Waals surface area (Å²) < 4.78 is 10.7. The van der Waals surface area contributed by atoms with Crippen molar-refractivity contribution in [3.05, 3.63) is 53.4 Å². The number of benzene rings is 2. The lowest BCUT2D eigenvalue weighted by Gasteiger charge is -2.29. The second-order valence-electron chi connectivity index (χ2n) is 7.13. The van der Waals surface area contributed by atoms with Gasteiger partial charge >= 0.3 is 0 Å². The van der Waals surface area contributed by atoms with Crippen molar-refractivity contribution in [3.63, 3.8) is 0 Å². The Morgan fingerprint density at radius 1 is 1.26 bits per heavy atom. The highest BCUT2D eigenvalue weighted by atomic mass is 32.1. The van der Waals surface area contributed by atoms with Gasteiger partial charge in [0.2, 0.25) is 5.91 Å². The molecule has 8 heteroatoms. The fourth-order valence-corrected chi connectivity index (χ4v) is 4.12. The van der Waals surface area contributed by atoms with Crippen molar-refractivity contribution in [2.45, 2.75) is 19.8 Å². The lowest BCUT2D eigenvalue weighted by Crippen LogP contribution is -2.39. The molecule has 0 saturated carbocycles. The summed E-state index contributed by atoms with van der Waals surface area (Å²) in [4.78, 5) is 30.9. The molecule has 0 unspecified atom stereocenters. The number of rotatable bonds is 7. The van der Waals surface area contributed by atoms with E-state index in [0.29, 0.717) is 17.4 Å². The first kappa shape index (κ1) is 20.9. The van der Waals surface area contributed by atoms with Crippen molar-refractivity contribution in [3.8, 4) is 22.8 Å². The van der Waals surface area contributed by atoms with Gasteiger partial charge in [-0.15, -0.1) is 11.3 Å². The number of aromatic nitrogens is 1. The van der Waals surface area contributed by atoms with Crippen molar-refractivity contribution in [1.82, 2.24) is 4.98 Å². The average Bonchev–Trinajstić information content (AvgIpc) is 3.24. The standard InChI is InChI=1S/C23H23N3O4S/c1-3-10-26-19-12-16(6-9-20(19)30-13-22(26)28)18-14-31-23(24-18)25-21(27)11-15-4-7-17(29-2)8-5-15/h4-9,12,14H,3,10-11,13H2,1-2H3,(H,24,25,27). The molecule has 1 aromatic heterocycles. The summed E-state index contributed by atoms with van der Waals surface area (Å²) in [5.74, 6) is 1.27. The normalized spacial score (nSPS) is 12.8. The molecule has 2 heterocycles. The number of nitrogens with one attached hydrogen (secondary N) is 1. The van der Waals surface area contributed by atoms with Crippen molar-refractivity contribution >= 4 is 34.0 Å². The molecule has 7 nitrogen and oxygen atoms in total. The second kappa shape index (κ2) is 9.18. The summed E-state index contributed by atoms with van der Waals surface area (Å²) in [5.41, 5.74) is 3.26. The van der Waals surface area contributed by atoms with Crippen LogP contribution in [0.5, 0.6) is 11.5 Å². The Labute approximate surface area is 184 Å². The van der Waals surface area contributed by atoms with E-state index in [1.165, 1.54) is 11.3 Å². The zero-order chi connectivity index (χ0) is 21.8. The summed E-state index contributed by atoms with van der Waals surface area (Å²) in [7, 11) is 1.61. The first-order valence-corrected chi connectivity index (χ1v) is 10.9. The van der Waals surface area contributed by atoms with Crippen LogP contribution < -0.4 is 19.7 Å². The molecule has 0 spiro atoms. The van der Waals surface area contributed by atoms with E-state index < -0.39 is 0 Å². The van der Waals surface area contributed by atoms with E-state index in [4.69, 9.17) is 9.47 Å². The molecular formula is C23H23N3O4S. The van der Waals surface area contributed by atoms with Crippen LogP contribution in [0.4, 0.5) is 10.8 Å². The Kier molecular flexibility index (Phi) is 6.18. The minimum Gasteiger partial charge on any atom is -0.497 e. The maximum Gasteiger partial charge on any atom is 0.265 e. The van der Waals surface area contributed by atoms with E-state index in [2.05, 4.69) is 10.3 Å². The van der Waals surface area contributed by atoms with Crippen LogP contribution in [0.1, 0.15) is 18.9 Å². The van der Waals surface area contributed by atoms with Crippen LogP contribution in [0.2, 0.25) is 0 Å². The molecule has 2 aromatic carbocycles. The number of hydrogen-bond donors (Lipinski definition) is 1. The van der Waals surface area contributed by atoms with Gasteiger partial charge in [-0.2, -0.15) is 0 Å². The number of ether oxygens (including phenoxy) is 2. The van der Waals surface area contributed by atoms with E-state index in [1.807, 2.05) is 54.8 Å². The average molecular weight is 438 g/mol. The molecule has 0 bridgehead atoms. The molecule has 0 radical (unpaired) electrons. The van der Waals surface area contributed by atoms with Gasteiger partial charge in [0.15, 0.2) is 11.7 Å².